The molecule has 0 aliphatic heterocycles. The molecule has 0 aliphatic rings. The van der Waals surface area contributed by atoms with Gasteiger partial charge in [0.25, 0.3) is 0 Å². The molecule has 0 fully saturated rings. The molecule has 1 radical (unpaired) electrons. The van der Waals surface area contributed by atoms with E-state index >= 15 is 0 Å². The highest BCUT2D eigenvalue weighted by molar-refractivity contribution is 5.89. The number of esters is 1. The van der Waals surface area contributed by atoms with Crippen LogP contribution in [0.4, 0.5) is 0 Å². The summed E-state index contributed by atoms with van der Waals surface area (Å²) in [4.78, 5) is 11.7. The average molecular weight is 263 g/mol. The molecule has 0 unspecified atom stereocenters. The monoisotopic (exact) mass is 263 g/mol. The smallest absolute Gasteiger partial charge is 0.338 e. The molecule has 19 heavy (non-hydrogen) atoms. The second-order valence-corrected chi connectivity index (χ2v) is 4.74. The van der Waals surface area contributed by atoms with Gasteiger partial charge in [0, 0.05) is 0 Å². The molecular formula is C16H23O3. The molecule has 0 aromatic heterocycles. The van der Waals surface area contributed by atoms with E-state index in [0.717, 1.165) is 31.4 Å². The maximum Gasteiger partial charge on any atom is 0.338 e. The van der Waals surface area contributed by atoms with E-state index in [1.807, 2.05) is 13.8 Å². The third-order valence-corrected chi connectivity index (χ3v) is 2.59. The molecule has 0 saturated heterocycles. The van der Waals surface area contributed by atoms with E-state index in [1.54, 1.807) is 24.3 Å². The van der Waals surface area contributed by atoms with Crippen LogP contribution in [0, 0.1) is 6.92 Å². The van der Waals surface area contributed by atoms with Crippen LogP contribution in [0.5, 0.6) is 5.75 Å². The number of carbonyl (C=O) groups excluding carboxylic acids is 1. The lowest BCUT2D eigenvalue weighted by molar-refractivity contribution is 0.0498. The second-order valence-electron chi connectivity index (χ2n) is 4.74. The summed E-state index contributed by atoms with van der Waals surface area (Å²) in [5, 5.41) is 0. The fraction of sp³-hybridized carbons (Fsp3) is 0.500. The maximum absolute atomic E-state index is 11.7. The Morgan fingerprint density at radius 1 is 1.16 bits per heavy atom. The van der Waals surface area contributed by atoms with Gasteiger partial charge in [-0.05, 0) is 44.5 Å². The van der Waals surface area contributed by atoms with Crippen molar-refractivity contribution in [2.75, 3.05) is 6.61 Å². The molecule has 0 N–H and O–H groups in total. The van der Waals surface area contributed by atoms with Crippen molar-refractivity contribution in [1.82, 2.24) is 0 Å². The molecule has 0 amide bonds. The zero-order valence-electron chi connectivity index (χ0n) is 11.9. The van der Waals surface area contributed by atoms with Crippen molar-refractivity contribution in [2.45, 2.75) is 45.6 Å². The minimum absolute atomic E-state index is 0.130. The van der Waals surface area contributed by atoms with E-state index in [2.05, 4.69) is 6.92 Å². The van der Waals surface area contributed by atoms with Crippen molar-refractivity contribution in [3.8, 4) is 5.75 Å². The first-order valence-electron chi connectivity index (χ1n) is 6.86. The second kappa shape index (κ2) is 8.57. The first kappa shape index (κ1) is 15.5. The van der Waals surface area contributed by atoms with E-state index in [9.17, 15) is 4.79 Å². The zero-order chi connectivity index (χ0) is 14.1. The molecule has 0 spiro atoms. The fourth-order valence-corrected chi connectivity index (χ4v) is 1.65. The van der Waals surface area contributed by atoms with Crippen LogP contribution in [0.15, 0.2) is 24.3 Å². The highest BCUT2D eigenvalue weighted by atomic mass is 16.5. The zero-order valence-corrected chi connectivity index (χ0v) is 11.9. The summed E-state index contributed by atoms with van der Waals surface area (Å²) in [7, 11) is 0. The quantitative estimate of drug-likeness (QED) is 0.525. The Hall–Kier alpha value is -1.51. The van der Waals surface area contributed by atoms with Crippen molar-refractivity contribution in [2.24, 2.45) is 0 Å². The minimum atomic E-state index is -0.272. The van der Waals surface area contributed by atoms with Gasteiger partial charge in [0.1, 0.15) is 5.75 Å². The van der Waals surface area contributed by atoms with Gasteiger partial charge in [0.15, 0.2) is 0 Å². The summed E-state index contributed by atoms with van der Waals surface area (Å²) < 4.78 is 10.7. The van der Waals surface area contributed by atoms with E-state index in [0.29, 0.717) is 12.2 Å². The first-order valence-corrected chi connectivity index (χ1v) is 6.86. The summed E-state index contributed by atoms with van der Waals surface area (Å²) in [5.74, 6) is 0.493. The van der Waals surface area contributed by atoms with Crippen LogP contribution in [-0.2, 0) is 4.74 Å². The lowest BCUT2D eigenvalue weighted by Crippen LogP contribution is -2.08. The number of hydrogen-bond donors (Lipinski definition) is 0. The lowest BCUT2D eigenvalue weighted by Gasteiger charge is -2.10. The van der Waals surface area contributed by atoms with Gasteiger partial charge in [0.05, 0.1) is 18.3 Å². The Morgan fingerprint density at radius 3 is 2.42 bits per heavy atom. The Balaban J connectivity index is 2.36. The van der Waals surface area contributed by atoms with Crippen LogP contribution < -0.4 is 4.74 Å². The van der Waals surface area contributed by atoms with Crippen LogP contribution in [0.25, 0.3) is 0 Å². The Labute approximate surface area is 115 Å². The topological polar surface area (TPSA) is 35.5 Å². The molecule has 0 atom stereocenters. The third-order valence-electron chi connectivity index (χ3n) is 2.59. The number of rotatable bonds is 8. The standard InChI is InChI=1S/C16H23O3/c1-4-5-6-7-12-18-16(17)14-8-10-15(11-9-14)19-13(2)3/h8-11,13H,1,4-7,12H2,2-3H3. The normalized spacial score (nSPS) is 10.5. The van der Waals surface area contributed by atoms with Gasteiger partial charge >= 0.3 is 5.97 Å². The maximum atomic E-state index is 11.7. The molecule has 3 heteroatoms. The molecular weight excluding hydrogens is 240 g/mol. The minimum Gasteiger partial charge on any atom is -0.491 e. The van der Waals surface area contributed by atoms with Crippen LogP contribution in [0.3, 0.4) is 0 Å². The van der Waals surface area contributed by atoms with Crippen molar-refractivity contribution in [3.05, 3.63) is 36.8 Å². The summed E-state index contributed by atoms with van der Waals surface area (Å²) in [6, 6.07) is 7.05. The average Bonchev–Trinajstić information content (AvgIpc) is 2.38. The van der Waals surface area contributed by atoms with Gasteiger partial charge < -0.3 is 9.47 Å². The predicted molar refractivity (Wildman–Crippen MR) is 76.3 cm³/mol. The van der Waals surface area contributed by atoms with Crippen molar-refractivity contribution in [1.29, 1.82) is 0 Å². The first-order chi connectivity index (χ1) is 9.13. The van der Waals surface area contributed by atoms with Gasteiger partial charge in [-0.25, -0.2) is 4.79 Å². The Morgan fingerprint density at radius 2 is 1.84 bits per heavy atom. The largest absolute Gasteiger partial charge is 0.491 e. The van der Waals surface area contributed by atoms with E-state index in [-0.39, 0.29) is 12.1 Å². The highest BCUT2D eigenvalue weighted by Crippen LogP contribution is 2.14. The molecule has 3 nitrogen and oxygen atoms in total. The van der Waals surface area contributed by atoms with Gasteiger partial charge in [-0.1, -0.05) is 26.2 Å². The van der Waals surface area contributed by atoms with Crippen LogP contribution in [-0.4, -0.2) is 18.7 Å². The molecule has 105 valence electrons. The van der Waals surface area contributed by atoms with Crippen LogP contribution in [0.1, 0.15) is 49.9 Å². The summed E-state index contributed by atoms with van der Waals surface area (Å²) in [6.07, 6.45) is 4.10. The number of ether oxygens (including phenoxy) is 2. The van der Waals surface area contributed by atoms with Gasteiger partial charge in [-0.2, -0.15) is 0 Å². The highest BCUT2D eigenvalue weighted by Gasteiger charge is 2.07. The van der Waals surface area contributed by atoms with Crippen LogP contribution in [0.2, 0.25) is 0 Å². The van der Waals surface area contributed by atoms with E-state index in [4.69, 9.17) is 9.47 Å². The molecule has 0 saturated carbocycles. The molecule has 1 rings (SSSR count). The predicted octanol–water partition coefficient (Wildman–Crippen LogP) is 4.03. The van der Waals surface area contributed by atoms with E-state index in [1.165, 1.54) is 0 Å². The SMILES string of the molecule is [CH2]CCCCCOC(=O)c1ccc(OC(C)C)cc1. The summed E-state index contributed by atoms with van der Waals surface area (Å²) in [6.45, 7) is 8.18. The third kappa shape index (κ3) is 6.27. The van der Waals surface area contributed by atoms with Crippen molar-refractivity contribution < 1.29 is 14.3 Å². The van der Waals surface area contributed by atoms with Crippen molar-refractivity contribution in [3.63, 3.8) is 0 Å². The van der Waals surface area contributed by atoms with Gasteiger partial charge in [-0.15, -0.1) is 0 Å². The number of benzene rings is 1. The molecule has 1 aromatic carbocycles. The number of carbonyl (C=O) groups is 1. The summed E-state index contributed by atoms with van der Waals surface area (Å²) >= 11 is 0. The van der Waals surface area contributed by atoms with Gasteiger partial charge in [-0.3, -0.25) is 0 Å². The summed E-state index contributed by atoms with van der Waals surface area (Å²) in [5.41, 5.74) is 0.563. The lowest BCUT2D eigenvalue weighted by atomic mass is 10.2. The Bertz CT molecular complexity index is 368. The van der Waals surface area contributed by atoms with Crippen LogP contribution >= 0.6 is 0 Å². The molecule has 1 aromatic rings. The van der Waals surface area contributed by atoms with E-state index < -0.39 is 0 Å². The molecule has 0 bridgehead atoms. The fourth-order valence-electron chi connectivity index (χ4n) is 1.65. The number of hydrogen-bond acceptors (Lipinski definition) is 3. The molecule has 0 heterocycles. The number of unbranched alkanes of at least 4 members (excludes halogenated alkanes) is 3. The Kier molecular flexibility index (Phi) is 7.01. The molecule has 0 aliphatic carbocycles. The van der Waals surface area contributed by atoms with Crippen molar-refractivity contribution >= 4 is 5.97 Å². The van der Waals surface area contributed by atoms with Gasteiger partial charge in [0.2, 0.25) is 0 Å².